The minimum Gasteiger partial charge on any atom is -0.332 e. The molecule has 20 heavy (non-hydrogen) atoms. The van der Waals surface area contributed by atoms with E-state index in [0.29, 0.717) is 42.0 Å². The Morgan fingerprint density at radius 3 is 3.00 bits per heavy atom. The van der Waals surface area contributed by atoms with Gasteiger partial charge >= 0.3 is 0 Å². The third-order valence-corrected chi connectivity index (χ3v) is 2.55. The van der Waals surface area contributed by atoms with Crippen molar-refractivity contribution in [1.82, 2.24) is 35.1 Å². The van der Waals surface area contributed by atoms with Crippen molar-refractivity contribution < 1.29 is 4.52 Å². The highest BCUT2D eigenvalue weighted by Gasteiger charge is 2.14. The molecule has 0 aliphatic carbocycles. The van der Waals surface area contributed by atoms with Crippen LogP contribution < -0.4 is 5.73 Å². The monoisotopic (exact) mass is 272 g/mol. The molecule has 0 spiro atoms. The molecular weight excluding hydrogens is 260 g/mol. The van der Waals surface area contributed by atoms with E-state index in [2.05, 4.69) is 30.4 Å². The molecule has 9 heteroatoms. The molecule has 0 aromatic carbocycles. The van der Waals surface area contributed by atoms with Crippen LogP contribution in [0.4, 0.5) is 0 Å². The van der Waals surface area contributed by atoms with E-state index in [9.17, 15) is 0 Å². The van der Waals surface area contributed by atoms with Crippen molar-refractivity contribution in [1.29, 1.82) is 0 Å². The van der Waals surface area contributed by atoms with Gasteiger partial charge in [-0.1, -0.05) is 10.4 Å². The minimum atomic E-state index is 0.291. The standard InChI is InChI=1S/C11H12N8O/c1-7-13-4-2-8(14-7)10-15-11(20-17-10)9-6-19(5-3-12)18-16-9/h2,4,6H,3,5,12H2,1H3. The molecule has 3 aromatic heterocycles. The van der Waals surface area contributed by atoms with E-state index < -0.39 is 0 Å². The van der Waals surface area contributed by atoms with Crippen molar-refractivity contribution in [2.24, 2.45) is 5.73 Å². The Bertz CT molecular complexity index is 719. The van der Waals surface area contributed by atoms with Gasteiger partial charge in [-0.15, -0.1) is 5.10 Å². The highest BCUT2D eigenvalue weighted by molar-refractivity contribution is 5.52. The molecule has 0 saturated carbocycles. The van der Waals surface area contributed by atoms with Gasteiger partial charge in [-0.3, -0.25) is 4.68 Å². The summed E-state index contributed by atoms with van der Waals surface area (Å²) in [5.74, 6) is 1.32. The van der Waals surface area contributed by atoms with E-state index in [1.54, 1.807) is 30.1 Å². The van der Waals surface area contributed by atoms with Crippen LogP contribution in [0.25, 0.3) is 23.1 Å². The predicted molar refractivity (Wildman–Crippen MR) is 68.1 cm³/mol. The van der Waals surface area contributed by atoms with Gasteiger partial charge in [-0.2, -0.15) is 4.98 Å². The summed E-state index contributed by atoms with van der Waals surface area (Å²) in [5, 5.41) is 11.8. The van der Waals surface area contributed by atoms with Crippen LogP contribution in [0.15, 0.2) is 23.0 Å². The molecule has 0 aliphatic rings. The van der Waals surface area contributed by atoms with Crippen molar-refractivity contribution in [3.8, 4) is 23.1 Å². The van der Waals surface area contributed by atoms with E-state index in [4.69, 9.17) is 10.3 Å². The molecule has 0 fully saturated rings. The summed E-state index contributed by atoms with van der Waals surface area (Å²) in [4.78, 5) is 12.5. The highest BCUT2D eigenvalue weighted by atomic mass is 16.5. The maximum atomic E-state index is 5.45. The molecule has 3 heterocycles. The first-order chi connectivity index (χ1) is 9.76. The van der Waals surface area contributed by atoms with Crippen molar-refractivity contribution in [2.45, 2.75) is 13.5 Å². The van der Waals surface area contributed by atoms with Crippen LogP contribution in [0.3, 0.4) is 0 Å². The first-order valence-corrected chi connectivity index (χ1v) is 6.00. The second-order valence-electron chi connectivity index (χ2n) is 4.07. The van der Waals surface area contributed by atoms with Gasteiger partial charge in [0.25, 0.3) is 5.89 Å². The Hall–Kier alpha value is -2.68. The van der Waals surface area contributed by atoms with Gasteiger partial charge in [0, 0.05) is 12.7 Å². The number of nitrogens with zero attached hydrogens (tertiary/aromatic N) is 7. The maximum absolute atomic E-state index is 5.45. The summed E-state index contributed by atoms with van der Waals surface area (Å²) >= 11 is 0. The molecule has 9 nitrogen and oxygen atoms in total. The zero-order valence-electron chi connectivity index (χ0n) is 10.8. The van der Waals surface area contributed by atoms with Gasteiger partial charge in [0.05, 0.1) is 12.7 Å². The number of hydrogen-bond donors (Lipinski definition) is 1. The Morgan fingerprint density at radius 2 is 2.20 bits per heavy atom. The number of aryl methyl sites for hydroxylation is 1. The fourth-order valence-electron chi connectivity index (χ4n) is 1.65. The maximum Gasteiger partial charge on any atom is 0.280 e. The van der Waals surface area contributed by atoms with Crippen LogP contribution in [0.1, 0.15) is 5.82 Å². The fourth-order valence-corrected chi connectivity index (χ4v) is 1.65. The van der Waals surface area contributed by atoms with E-state index in [1.165, 1.54) is 0 Å². The van der Waals surface area contributed by atoms with Gasteiger partial charge in [0.15, 0.2) is 5.69 Å². The van der Waals surface area contributed by atoms with Crippen molar-refractivity contribution in [3.63, 3.8) is 0 Å². The molecule has 3 rings (SSSR count). The molecule has 2 N–H and O–H groups in total. The molecule has 0 amide bonds. The van der Waals surface area contributed by atoms with E-state index >= 15 is 0 Å². The number of nitrogens with two attached hydrogens (primary N) is 1. The van der Waals surface area contributed by atoms with Crippen LogP contribution in [0.5, 0.6) is 0 Å². The number of hydrogen-bond acceptors (Lipinski definition) is 8. The SMILES string of the molecule is Cc1nccc(-c2noc(-c3cn(CCN)nn3)n2)n1. The van der Waals surface area contributed by atoms with Crippen LogP contribution in [0, 0.1) is 6.92 Å². The van der Waals surface area contributed by atoms with Gasteiger partial charge in [0.2, 0.25) is 5.82 Å². The Balaban J connectivity index is 1.89. The van der Waals surface area contributed by atoms with Crippen molar-refractivity contribution >= 4 is 0 Å². The second-order valence-corrected chi connectivity index (χ2v) is 4.07. The molecule has 0 bridgehead atoms. The lowest BCUT2D eigenvalue weighted by molar-refractivity contribution is 0.430. The normalized spacial score (nSPS) is 10.9. The summed E-state index contributed by atoms with van der Waals surface area (Å²) in [6.45, 7) is 2.86. The Morgan fingerprint density at radius 1 is 1.30 bits per heavy atom. The summed E-state index contributed by atoms with van der Waals surface area (Å²) in [5.41, 5.74) is 6.55. The molecule has 0 radical (unpaired) electrons. The number of aromatic nitrogens is 7. The lowest BCUT2D eigenvalue weighted by Gasteiger charge is -1.93. The molecule has 102 valence electrons. The Kier molecular flexibility index (Phi) is 3.17. The second kappa shape index (κ2) is 5.13. The predicted octanol–water partition coefficient (Wildman–Crippen LogP) is 0.0522. The lowest BCUT2D eigenvalue weighted by atomic mass is 10.4. The van der Waals surface area contributed by atoms with E-state index in [-0.39, 0.29) is 0 Å². The summed E-state index contributed by atoms with van der Waals surface area (Å²) < 4.78 is 6.79. The van der Waals surface area contributed by atoms with Crippen LogP contribution in [0.2, 0.25) is 0 Å². The van der Waals surface area contributed by atoms with E-state index in [0.717, 1.165) is 0 Å². The van der Waals surface area contributed by atoms with Crippen molar-refractivity contribution in [2.75, 3.05) is 6.54 Å². The lowest BCUT2D eigenvalue weighted by Crippen LogP contribution is -2.10. The summed E-state index contributed by atoms with van der Waals surface area (Å²) in [6, 6.07) is 1.72. The van der Waals surface area contributed by atoms with Crippen LogP contribution >= 0.6 is 0 Å². The smallest absolute Gasteiger partial charge is 0.280 e. The fraction of sp³-hybridized carbons (Fsp3) is 0.273. The zero-order chi connectivity index (χ0) is 13.9. The summed E-state index contributed by atoms with van der Waals surface area (Å²) in [7, 11) is 0. The third kappa shape index (κ3) is 2.38. The third-order valence-electron chi connectivity index (χ3n) is 2.55. The molecule has 0 saturated heterocycles. The Labute approximate surface area is 113 Å². The molecule has 3 aromatic rings. The van der Waals surface area contributed by atoms with Gasteiger partial charge in [-0.25, -0.2) is 9.97 Å². The van der Waals surface area contributed by atoms with Crippen molar-refractivity contribution in [3.05, 3.63) is 24.3 Å². The molecular formula is C11H12N8O. The molecule has 0 aliphatic heterocycles. The average molecular weight is 272 g/mol. The highest BCUT2D eigenvalue weighted by Crippen LogP contribution is 2.18. The number of rotatable bonds is 4. The largest absolute Gasteiger partial charge is 0.332 e. The van der Waals surface area contributed by atoms with E-state index in [1.807, 2.05) is 0 Å². The van der Waals surface area contributed by atoms with Gasteiger partial charge in [0.1, 0.15) is 11.5 Å². The van der Waals surface area contributed by atoms with Crippen LogP contribution in [-0.2, 0) is 6.54 Å². The average Bonchev–Trinajstić information content (AvgIpc) is 3.07. The van der Waals surface area contributed by atoms with Gasteiger partial charge in [-0.05, 0) is 13.0 Å². The summed E-state index contributed by atoms with van der Waals surface area (Å²) in [6.07, 6.45) is 3.35. The molecule has 0 unspecified atom stereocenters. The molecule has 0 atom stereocenters. The topological polar surface area (TPSA) is 121 Å². The van der Waals surface area contributed by atoms with Crippen LogP contribution in [-0.4, -0.2) is 41.6 Å². The van der Waals surface area contributed by atoms with Gasteiger partial charge < -0.3 is 10.3 Å². The zero-order valence-corrected chi connectivity index (χ0v) is 10.8. The first kappa shape index (κ1) is 12.4. The minimum absolute atomic E-state index is 0.291. The first-order valence-electron chi connectivity index (χ1n) is 6.00. The quantitative estimate of drug-likeness (QED) is 0.707.